The summed E-state index contributed by atoms with van der Waals surface area (Å²) in [6, 6.07) is 8.24. The van der Waals surface area contributed by atoms with Crippen LogP contribution in [-0.4, -0.2) is 32.2 Å². The molecule has 0 saturated heterocycles. The van der Waals surface area contributed by atoms with Gasteiger partial charge in [0, 0.05) is 26.8 Å². The number of benzene rings is 1. The van der Waals surface area contributed by atoms with Crippen molar-refractivity contribution in [1.29, 1.82) is 0 Å². The van der Waals surface area contributed by atoms with Crippen molar-refractivity contribution in [3.05, 3.63) is 35.4 Å². The van der Waals surface area contributed by atoms with E-state index in [1.54, 1.807) is 7.11 Å². The number of hydrogen-bond donors (Lipinski definition) is 2. The molecule has 1 aliphatic heterocycles. The highest BCUT2D eigenvalue weighted by Gasteiger charge is 2.42. The first-order valence-electron chi connectivity index (χ1n) is 7.79. The molecule has 1 amide bonds. The fourth-order valence-corrected chi connectivity index (χ4v) is 3.05. The topological polar surface area (TPSA) is 50.4 Å². The lowest BCUT2D eigenvalue weighted by atomic mass is 9.95. The van der Waals surface area contributed by atoms with Crippen LogP contribution in [0.2, 0.25) is 0 Å². The van der Waals surface area contributed by atoms with E-state index in [4.69, 9.17) is 4.74 Å². The van der Waals surface area contributed by atoms with Gasteiger partial charge in [0.1, 0.15) is 0 Å². The highest BCUT2D eigenvalue weighted by molar-refractivity contribution is 5.82. The molecule has 0 bridgehead atoms. The van der Waals surface area contributed by atoms with E-state index in [1.807, 2.05) is 12.1 Å². The second-order valence-corrected chi connectivity index (χ2v) is 6.37. The molecule has 1 aromatic carbocycles. The number of rotatable bonds is 6. The summed E-state index contributed by atoms with van der Waals surface area (Å²) in [5, 5.41) is 6.48. The van der Waals surface area contributed by atoms with Crippen LogP contribution in [0.1, 0.15) is 30.4 Å². The lowest BCUT2D eigenvalue weighted by molar-refractivity contribution is -0.123. The highest BCUT2D eigenvalue weighted by Crippen LogP contribution is 2.48. The molecule has 0 aromatic heterocycles. The predicted octanol–water partition coefficient (Wildman–Crippen LogP) is 1.63. The summed E-state index contributed by atoms with van der Waals surface area (Å²) in [4.78, 5) is 12.4. The van der Waals surface area contributed by atoms with Crippen LogP contribution < -0.4 is 10.6 Å². The maximum absolute atomic E-state index is 12.4. The van der Waals surface area contributed by atoms with Gasteiger partial charge < -0.3 is 15.4 Å². The third kappa shape index (κ3) is 3.44. The van der Waals surface area contributed by atoms with E-state index in [2.05, 4.69) is 22.8 Å². The van der Waals surface area contributed by atoms with Gasteiger partial charge in [-0.1, -0.05) is 24.3 Å². The summed E-state index contributed by atoms with van der Waals surface area (Å²) >= 11 is 0. The smallest absolute Gasteiger partial charge is 0.237 e. The van der Waals surface area contributed by atoms with Crippen LogP contribution >= 0.6 is 0 Å². The van der Waals surface area contributed by atoms with Gasteiger partial charge >= 0.3 is 0 Å². The highest BCUT2D eigenvalue weighted by atomic mass is 16.5. The average Bonchev–Trinajstić information content (AvgIpc) is 3.30. The average molecular weight is 288 g/mol. The van der Waals surface area contributed by atoms with Crippen LogP contribution in [0.25, 0.3) is 0 Å². The van der Waals surface area contributed by atoms with Gasteiger partial charge in [-0.15, -0.1) is 0 Å². The van der Waals surface area contributed by atoms with Crippen LogP contribution in [0.15, 0.2) is 24.3 Å². The van der Waals surface area contributed by atoms with Crippen molar-refractivity contribution in [3.8, 4) is 0 Å². The lowest BCUT2D eigenvalue weighted by Gasteiger charge is -2.26. The molecule has 114 valence electrons. The summed E-state index contributed by atoms with van der Waals surface area (Å²) in [6.07, 6.45) is 4.24. The molecule has 1 atom stereocenters. The number of amides is 1. The number of carbonyl (C=O) groups excluding carboxylic acids is 1. The molecular weight excluding hydrogens is 264 g/mol. The fraction of sp³-hybridized carbons (Fsp3) is 0.588. The molecule has 1 saturated carbocycles. The van der Waals surface area contributed by atoms with E-state index in [0.29, 0.717) is 5.41 Å². The molecule has 0 spiro atoms. The first kappa shape index (κ1) is 14.5. The first-order valence-corrected chi connectivity index (χ1v) is 7.79. The van der Waals surface area contributed by atoms with E-state index >= 15 is 0 Å². The zero-order chi connectivity index (χ0) is 14.7. The molecule has 21 heavy (non-hydrogen) atoms. The van der Waals surface area contributed by atoms with Crippen molar-refractivity contribution in [3.63, 3.8) is 0 Å². The van der Waals surface area contributed by atoms with E-state index in [9.17, 15) is 4.79 Å². The summed E-state index contributed by atoms with van der Waals surface area (Å²) in [7, 11) is 1.73. The Hall–Kier alpha value is -1.39. The van der Waals surface area contributed by atoms with Crippen LogP contribution in [-0.2, 0) is 22.5 Å². The normalized spacial score (nSPS) is 22.4. The van der Waals surface area contributed by atoms with Crippen molar-refractivity contribution < 1.29 is 9.53 Å². The molecule has 1 fully saturated rings. The van der Waals surface area contributed by atoms with Crippen LogP contribution in [0.4, 0.5) is 0 Å². The van der Waals surface area contributed by atoms with E-state index in [1.165, 1.54) is 24.0 Å². The molecule has 0 unspecified atom stereocenters. The van der Waals surface area contributed by atoms with Crippen molar-refractivity contribution in [1.82, 2.24) is 10.6 Å². The molecule has 1 aliphatic carbocycles. The van der Waals surface area contributed by atoms with Gasteiger partial charge in [-0.25, -0.2) is 0 Å². The zero-order valence-electron chi connectivity index (χ0n) is 12.7. The minimum absolute atomic E-state index is 0.0990. The van der Waals surface area contributed by atoms with Gasteiger partial charge in [-0.05, 0) is 42.2 Å². The number of nitrogens with one attached hydrogen (secondary N) is 2. The van der Waals surface area contributed by atoms with Crippen molar-refractivity contribution >= 4 is 5.91 Å². The summed E-state index contributed by atoms with van der Waals surface area (Å²) < 4.78 is 5.15. The van der Waals surface area contributed by atoms with Crippen LogP contribution in [0.5, 0.6) is 0 Å². The maximum Gasteiger partial charge on any atom is 0.237 e. The molecule has 2 N–H and O–H groups in total. The van der Waals surface area contributed by atoms with Crippen molar-refractivity contribution in [2.45, 2.75) is 38.3 Å². The van der Waals surface area contributed by atoms with Gasteiger partial charge in [0.05, 0.1) is 6.04 Å². The molecule has 1 aromatic rings. The van der Waals surface area contributed by atoms with Gasteiger partial charge in [0.15, 0.2) is 0 Å². The third-order valence-electron chi connectivity index (χ3n) is 4.83. The summed E-state index contributed by atoms with van der Waals surface area (Å²) in [5.41, 5.74) is 2.90. The number of carbonyl (C=O) groups is 1. The van der Waals surface area contributed by atoms with Crippen molar-refractivity contribution in [2.24, 2.45) is 5.41 Å². The van der Waals surface area contributed by atoms with E-state index in [0.717, 1.165) is 32.5 Å². The monoisotopic (exact) mass is 288 g/mol. The predicted molar refractivity (Wildman–Crippen MR) is 81.9 cm³/mol. The number of hydrogen-bond acceptors (Lipinski definition) is 3. The Morgan fingerprint density at radius 3 is 2.86 bits per heavy atom. The van der Waals surface area contributed by atoms with Gasteiger partial charge in [0.2, 0.25) is 5.91 Å². The second-order valence-electron chi connectivity index (χ2n) is 6.37. The van der Waals surface area contributed by atoms with Gasteiger partial charge in [-0.2, -0.15) is 0 Å². The van der Waals surface area contributed by atoms with Crippen LogP contribution in [0, 0.1) is 5.41 Å². The Morgan fingerprint density at radius 2 is 2.14 bits per heavy atom. The van der Waals surface area contributed by atoms with E-state index in [-0.39, 0.29) is 11.9 Å². The van der Waals surface area contributed by atoms with Crippen LogP contribution in [0.3, 0.4) is 0 Å². The summed E-state index contributed by atoms with van der Waals surface area (Å²) in [6.45, 7) is 2.35. The molecule has 2 aliphatic rings. The first-order chi connectivity index (χ1) is 10.2. The Morgan fingerprint density at radius 1 is 1.38 bits per heavy atom. The Balaban J connectivity index is 1.51. The lowest BCUT2D eigenvalue weighted by Crippen LogP contribution is -2.48. The third-order valence-corrected chi connectivity index (χ3v) is 4.83. The molecule has 0 radical (unpaired) electrons. The maximum atomic E-state index is 12.4. The molecule has 4 heteroatoms. The second kappa shape index (κ2) is 6.16. The minimum Gasteiger partial charge on any atom is -0.385 e. The van der Waals surface area contributed by atoms with E-state index < -0.39 is 0 Å². The zero-order valence-corrected chi connectivity index (χ0v) is 12.7. The Kier molecular flexibility index (Phi) is 4.27. The quantitative estimate of drug-likeness (QED) is 0.836. The van der Waals surface area contributed by atoms with Gasteiger partial charge in [0.25, 0.3) is 0 Å². The summed E-state index contributed by atoms with van der Waals surface area (Å²) in [5.74, 6) is 0.133. The molecule has 4 nitrogen and oxygen atoms in total. The molecular formula is C17H24N2O2. The van der Waals surface area contributed by atoms with Gasteiger partial charge in [-0.3, -0.25) is 4.79 Å². The molecule has 1 heterocycles. The fourth-order valence-electron chi connectivity index (χ4n) is 3.05. The Bertz CT molecular complexity index is 511. The Labute approximate surface area is 126 Å². The number of ether oxygens (including phenoxy) is 1. The standard InChI is InChI=1S/C17H24N2O2/c1-21-9-8-17(6-7-17)12-19-16(20)15-10-13-4-2-3-5-14(13)11-18-15/h2-5,15,18H,6-12H2,1H3,(H,19,20)/t15-/m1/s1. The largest absolute Gasteiger partial charge is 0.385 e. The number of fused-ring (bicyclic) bond motifs is 1. The minimum atomic E-state index is -0.0990. The SMILES string of the molecule is COCCC1(CNC(=O)[C@H]2Cc3ccccc3CN2)CC1. The number of methoxy groups -OCH3 is 1. The molecule has 3 rings (SSSR count). The van der Waals surface area contributed by atoms with Crippen molar-refractivity contribution in [2.75, 3.05) is 20.3 Å².